The van der Waals surface area contributed by atoms with Crippen molar-refractivity contribution in [1.29, 1.82) is 0 Å². The predicted molar refractivity (Wildman–Crippen MR) is 112 cm³/mol. The Bertz CT molecular complexity index is 1090. The molecule has 0 amide bonds. The molecular formula is C20H15Cl2N3OS. The van der Waals surface area contributed by atoms with Gasteiger partial charge in [0.25, 0.3) is 0 Å². The lowest BCUT2D eigenvalue weighted by molar-refractivity contribution is 0.131. The SMILES string of the molecule is Clc1ccc(/C(Cn2ccnc2)=N/OCc2csc3ccccc23)c(Cl)c1. The van der Waals surface area contributed by atoms with E-state index in [4.69, 9.17) is 28.0 Å². The molecule has 0 aliphatic heterocycles. The maximum atomic E-state index is 6.38. The van der Waals surface area contributed by atoms with Crippen LogP contribution in [0.5, 0.6) is 0 Å². The van der Waals surface area contributed by atoms with E-state index >= 15 is 0 Å². The van der Waals surface area contributed by atoms with Crippen molar-refractivity contribution >= 4 is 50.3 Å². The van der Waals surface area contributed by atoms with Crippen LogP contribution < -0.4 is 0 Å². The topological polar surface area (TPSA) is 39.4 Å². The molecule has 0 aliphatic carbocycles. The summed E-state index contributed by atoms with van der Waals surface area (Å²) in [7, 11) is 0. The first kappa shape index (κ1) is 18.0. The lowest BCUT2D eigenvalue weighted by Gasteiger charge is -2.10. The van der Waals surface area contributed by atoms with Gasteiger partial charge in [0.15, 0.2) is 0 Å². The van der Waals surface area contributed by atoms with E-state index in [1.54, 1.807) is 36.0 Å². The second-order valence-corrected chi connectivity index (χ2v) is 7.68. The summed E-state index contributed by atoms with van der Waals surface area (Å²) >= 11 is 14.1. The Morgan fingerprint density at radius 2 is 2.07 bits per heavy atom. The van der Waals surface area contributed by atoms with E-state index in [1.807, 2.05) is 29.0 Å². The van der Waals surface area contributed by atoms with Crippen molar-refractivity contribution in [1.82, 2.24) is 9.55 Å². The number of thiophene rings is 1. The summed E-state index contributed by atoms with van der Waals surface area (Å²) in [5.41, 5.74) is 2.60. The molecule has 0 spiro atoms. The molecule has 0 radical (unpaired) electrons. The molecule has 136 valence electrons. The van der Waals surface area contributed by atoms with Gasteiger partial charge < -0.3 is 9.40 Å². The minimum atomic E-state index is 0.392. The number of fused-ring (bicyclic) bond motifs is 1. The molecule has 0 fully saturated rings. The second kappa shape index (κ2) is 8.13. The standard InChI is InChI=1S/C20H15Cl2N3OS/c21-15-5-6-17(18(22)9-15)19(10-25-8-7-23-13-25)24-26-11-14-12-27-20-4-2-1-3-16(14)20/h1-9,12-13H,10-11H2/b24-19+. The monoisotopic (exact) mass is 415 g/mol. The second-order valence-electron chi connectivity index (χ2n) is 5.93. The molecule has 4 nitrogen and oxygen atoms in total. The molecule has 0 saturated carbocycles. The summed E-state index contributed by atoms with van der Waals surface area (Å²) in [6.45, 7) is 0.883. The van der Waals surface area contributed by atoms with Crippen molar-refractivity contribution in [2.75, 3.05) is 0 Å². The van der Waals surface area contributed by atoms with Crippen LogP contribution in [0, 0.1) is 0 Å². The number of imidazole rings is 1. The Hall–Kier alpha value is -2.34. The smallest absolute Gasteiger partial charge is 0.143 e. The molecule has 0 unspecified atom stereocenters. The fourth-order valence-corrected chi connectivity index (χ4v) is 4.23. The Balaban J connectivity index is 1.59. The molecule has 0 atom stereocenters. The summed E-state index contributed by atoms with van der Waals surface area (Å²) in [5, 5.41) is 8.79. The summed E-state index contributed by atoms with van der Waals surface area (Å²) in [6, 6.07) is 13.6. The molecule has 4 aromatic rings. The quantitative estimate of drug-likeness (QED) is 0.285. The first-order chi connectivity index (χ1) is 13.2. The fourth-order valence-electron chi connectivity index (χ4n) is 2.76. The number of hydrogen-bond acceptors (Lipinski definition) is 4. The van der Waals surface area contributed by atoms with E-state index in [-0.39, 0.29) is 0 Å². The number of oxime groups is 1. The summed E-state index contributed by atoms with van der Waals surface area (Å²) in [6.07, 6.45) is 5.32. The molecule has 0 aliphatic rings. The zero-order valence-corrected chi connectivity index (χ0v) is 16.5. The average Bonchev–Trinajstić information content (AvgIpc) is 3.31. The molecular weight excluding hydrogens is 401 g/mol. The van der Waals surface area contributed by atoms with E-state index in [1.165, 1.54) is 10.1 Å². The normalized spacial score (nSPS) is 11.9. The number of halogens is 2. The first-order valence-electron chi connectivity index (χ1n) is 8.26. The van der Waals surface area contributed by atoms with Gasteiger partial charge in [-0.2, -0.15) is 0 Å². The van der Waals surface area contributed by atoms with Gasteiger partial charge in [0.2, 0.25) is 0 Å². The van der Waals surface area contributed by atoms with Crippen LogP contribution in [0.25, 0.3) is 10.1 Å². The average molecular weight is 416 g/mol. The van der Waals surface area contributed by atoms with Crippen LogP contribution in [-0.4, -0.2) is 15.3 Å². The van der Waals surface area contributed by atoms with Crippen LogP contribution in [0.2, 0.25) is 10.0 Å². The third-order valence-corrected chi connectivity index (χ3v) is 5.65. The van der Waals surface area contributed by atoms with E-state index in [9.17, 15) is 0 Å². The van der Waals surface area contributed by atoms with Gasteiger partial charge >= 0.3 is 0 Å². The van der Waals surface area contributed by atoms with Crippen LogP contribution in [0.3, 0.4) is 0 Å². The van der Waals surface area contributed by atoms with Crippen molar-refractivity contribution in [3.63, 3.8) is 0 Å². The van der Waals surface area contributed by atoms with Crippen LogP contribution in [0.1, 0.15) is 11.1 Å². The van der Waals surface area contributed by atoms with Crippen LogP contribution in [-0.2, 0) is 18.0 Å². The third kappa shape index (κ3) is 4.16. The lowest BCUT2D eigenvalue weighted by atomic mass is 10.1. The Kier molecular flexibility index (Phi) is 5.43. The minimum absolute atomic E-state index is 0.392. The zero-order chi connectivity index (χ0) is 18.6. The molecule has 7 heteroatoms. The van der Waals surface area contributed by atoms with Crippen LogP contribution >= 0.6 is 34.5 Å². The van der Waals surface area contributed by atoms with E-state index in [0.29, 0.717) is 28.9 Å². The van der Waals surface area contributed by atoms with Crippen molar-refractivity contribution in [2.45, 2.75) is 13.2 Å². The van der Waals surface area contributed by atoms with Crippen LogP contribution in [0.15, 0.2) is 71.7 Å². The number of nitrogens with zero attached hydrogens (tertiary/aromatic N) is 3. The van der Waals surface area contributed by atoms with Gasteiger partial charge in [-0.3, -0.25) is 0 Å². The van der Waals surface area contributed by atoms with Crippen molar-refractivity contribution < 1.29 is 4.84 Å². The maximum Gasteiger partial charge on any atom is 0.143 e. The highest BCUT2D eigenvalue weighted by molar-refractivity contribution is 7.17. The van der Waals surface area contributed by atoms with Crippen LogP contribution in [0.4, 0.5) is 0 Å². The van der Waals surface area contributed by atoms with E-state index in [0.717, 1.165) is 11.1 Å². The molecule has 2 heterocycles. The van der Waals surface area contributed by atoms with Gasteiger partial charge in [-0.15, -0.1) is 11.3 Å². The van der Waals surface area contributed by atoms with Gasteiger partial charge in [0.1, 0.15) is 12.3 Å². The molecule has 2 aromatic carbocycles. The van der Waals surface area contributed by atoms with Crippen molar-refractivity contribution in [2.24, 2.45) is 5.16 Å². The summed E-state index contributed by atoms with van der Waals surface area (Å²) in [4.78, 5) is 9.78. The lowest BCUT2D eigenvalue weighted by Crippen LogP contribution is -2.12. The van der Waals surface area contributed by atoms with E-state index in [2.05, 4.69) is 27.7 Å². The first-order valence-corrected chi connectivity index (χ1v) is 9.89. The van der Waals surface area contributed by atoms with Gasteiger partial charge in [0, 0.05) is 33.2 Å². The Labute approximate surface area is 170 Å². The predicted octanol–water partition coefficient (Wildman–Crippen LogP) is 6.03. The maximum absolute atomic E-state index is 6.38. The van der Waals surface area contributed by atoms with Crippen molar-refractivity contribution in [3.05, 3.63) is 87.7 Å². The zero-order valence-electron chi connectivity index (χ0n) is 14.2. The minimum Gasteiger partial charge on any atom is -0.391 e. The Morgan fingerprint density at radius 1 is 1.19 bits per heavy atom. The van der Waals surface area contributed by atoms with Gasteiger partial charge in [0.05, 0.1) is 17.9 Å². The van der Waals surface area contributed by atoms with Gasteiger partial charge in [-0.05, 0) is 35.0 Å². The highest BCUT2D eigenvalue weighted by Crippen LogP contribution is 2.26. The molecule has 0 N–H and O–H groups in total. The Morgan fingerprint density at radius 3 is 2.89 bits per heavy atom. The summed E-state index contributed by atoms with van der Waals surface area (Å²) in [5.74, 6) is 0. The number of benzene rings is 2. The number of hydrogen-bond donors (Lipinski definition) is 0. The van der Waals surface area contributed by atoms with Crippen molar-refractivity contribution in [3.8, 4) is 0 Å². The van der Waals surface area contributed by atoms with E-state index < -0.39 is 0 Å². The van der Waals surface area contributed by atoms with Gasteiger partial charge in [-0.25, -0.2) is 4.98 Å². The fraction of sp³-hybridized carbons (Fsp3) is 0.100. The summed E-state index contributed by atoms with van der Waals surface area (Å²) < 4.78 is 3.15. The van der Waals surface area contributed by atoms with Gasteiger partial charge in [-0.1, -0.05) is 46.6 Å². The molecule has 4 rings (SSSR count). The molecule has 27 heavy (non-hydrogen) atoms. The number of rotatable bonds is 6. The third-order valence-electron chi connectivity index (χ3n) is 4.09. The molecule has 0 bridgehead atoms. The molecule has 2 aromatic heterocycles. The largest absolute Gasteiger partial charge is 0.391 e. The number of aromatic nitrogens is 2. The highest BCUT2D eigenvalue weighted by Gasteiger charge is 2.11. The molecule has 0 saturated heterocycles. The highest BCUT2D eigenvalue weighted by atomic mass is 35.5.